The van der Waals surface area contributed by atoms with E-state index < -0.39 is 6.29 Å². The molecule has 0 radical (unpaired) electrons. The summed E-state index contributed by atoms with van der Waals surface area (Å²) in [5, 5.41) is 13.3. The number of amides is 1. The first-order valence-electron chi connectivity index (χ1n) is 12.6. The van der Waals surface area contributed by atoms with Crippen molar-refractivity contribution in [1.82, 2.24) is 9.88 Å². The lowest BCUT2D eigenvalue weighted by Gasteiger charge is -2.30. The molecule has 1 aromatic carbocycles. The van der Waals surface area contributed by atoms with E-state index in [9.17, 15) is 9.59 Å². The summed E-state index contributed by atoms with van der Waals surface area (Å²) in [6.07, 6.45) is 9.90. The average Bonchev–Trinajstić information content (AvgIpc) is 3.56. The van der Waals surface area contributed by atoms with Gasteiger partial charge < -0.3 is 19.9 Å². The van der Waals surface area contributed by atoms with E-state index in [-0.39, 0.29) is 30.4 Å². The van der Waals surface area contributed by atoms with Gasteiger partial charge in [0.25, 0.3) is 5.91 Å². The van der Waals surface area contributed by atoms with Crippen LogP contribution in [0.1, 0.15) is 68.1 Å². The maximum Gasteiger partial charge on any atom is 0.286 e. The number of aliphatic hydroxyl groups excluding tert-OH is 1. The van der Waals surface area contributed by atoms with Crippen LogP contribution in [0.25, 0.3) is 10.9 Å². The van der Waals surface area contributed by atoms with Gasteiger partial charge in [0, 0.05) is 43.5 Å². The van der Waals surface area contributed by atoms with Gasteiger partial charge in [-0.2, -0.15) is 0 Å². The zero-order chi connectivity index (χ0) is 23.7. The first kappa shape index (κ1) is 23.1. The van der Waals surface area contributed by atoms with E-state index in [0.717, 1.165) is 35.2 Å². The van der Waals surface area contributed by atoms with Crippen LogP contribution in [0, 0.1) is 11.8 Å². The van der Waals surface area contributed by atoms with Crippen molar-refractivity contribution in [3.63, 3.8) is 0 Å². The van der Waals surface area contributed by atoms with E-state index >= 15 is 0 Å². The highest BCUT2D eigenvalue weighted by Gasteiger charge is 2.41. The molecule has 2 aromatic rings. The van der Waals surface area contributed by atoms with E-state index in [1.165, 1.54) is 19.3 Å². The highest BCUT2D eigenvalue weighted by molar-refractivity contribution is 5.95. The number of hydrogen-bond acceptors (Lipinski definition) is 5. The largest absolute Gasteiger partial charge is 0.459 e. The van der Waals surface area contributed by atoms with Crippen molar-refractivity contribution in [3.8, 4) is 0 Å². The second-order valence-electron chi connectivity index (χ2n) is 9.97. The molecule has 7 heteroatoms. The maximum absolute atomic E-state index is 13.3. The van der Waals surface area contributed by atoms with Crippen LogP contribution in [0.2, 0.25) is 0 Å². The number of aromatic nitrogens is 1. The second-order valence-corrected chi connectivity index (χ2v) is 9.97. The zero-order valence-corrected chi connectivity index (χ0v) is 19.7. The Bertz CT molecular complexity index is 1090. The van der Waals surface area contributed by atoms with Crippen molar-refractivity contribution in [2.45, 2.75) is 70.1 Å². The quantitative estimate of drug-likeness (QED) is 0.572. The van der Waals surface area contributed by atoms with Gasteiger partial charge in [0.2, 0.25) is 12.2 Å². The summed E-state index contributed by atoms with van der Waals surface area (Å²) in [6.45, 7) is 2.13. The molecule has 1 amide bonds. The molecule has 5 atom stereocenters. The van der Waals surface area contributed by atoms with Gasteiger partial charge in [-0.3, -0.25) is 14.2 Å². The summed E-state index contributed by atoms with van der Waals surface area (Å²) >= 11 is 0. The van der Waals surface area contributed by atoms with E-state index in [1.54, 1.807) is 11.5 Å². The van der Waals surface area contributed by atoms with E-state index in [0.29, 0.717) is 31.1 Å². The summed E-state index contributed by atoms with van der Waals surface area (Å²) in [5.74, 6) is 1.26. The fourth-order valence-electron chi connectivity index (χ4n) is 5.99. The fourth-order valence-corrected chi connectivity index (χ4v) is 5.99. The predicted octanol–water partition coefficient (Wildman–Crippen LogP) is 4.11. The van der Waals surface area contributed by atoms with Crippen molar-refractivity contribution in [2.75, 3.05) is 13.2 Å². The summed E-state index contributed by atoms with van der Waals surface area (Å²) in [5.41, 5.74) is 1.85. The molecule has 5 rings (SSSR count). The Morgan fingerprint density at radius 3 is 2.76 bits per heavy atom. The lowest BCUT2D eigenvalue weighted by Crippen LogP contribution is -2.41. The van der Waals surface area contributed by atoms with Gasteiger partial charge in [0.05, 0.1) is 12.1 Å². The minimum absolute atomic E-state index is 0.0513. The highest BCUT2D eigenvalue weighted by atomic mass is 16.7. The SMILES string of the molecule is CC(=O)n1cc([C@H]2C=C(C(=O)NC3CC4CCC3C4)O[C@@H](OCCCCO)C2)c2ccccc21. The van der Waals surface area contributed by atoms with Gasteiger partial charge in [-0.25, -0.2) is 0 Å². The van der Waals surface area contributed by atoms with Gasteiger partial charge in [0.15, 0.2) is 5.76 Å². The highest BCUT2D eigenvalue weighted by Crippen LogP contribution is 2.44. The van der Waals surface area contributed by atoms with Gasteiger partial charge in [-0.15, -0.1) is 0 Å². The zero-order valence-electron chi connectivity index (χ0n) is 19.7. The lowest BCUT2D eigenvalue weighted by molar-refractivity contribution is -0.147. The number of rotatable bonds is 8. The molecule has 2 fully saturated rings. The summed E-state index contributed by atoms with van der Waals surface area (Å²) in [4.78, 5) is 25.5. The van der Waals surface area contributed by atoms with E-state index in [4.69, 9.17) is 14.6 Å². The van der Waals surface area contributed by atoms with Crippen LogP contribution in [-0.4, -0.2) is 47.0 Å². The molecule has 3 unspecified atom stereocenters. The van der Waals surface area contributed by atoms with E-state index in [2.05, 4.69) is 5.32 Å². The number of allylic oxidation sites excluding steroid dienone is 1. The molecular formula is C27H34N2O5. The molecule has 1 aliphatic heterocycles. The average molecular weight is 467 g/mol. The molecule has 2 bridgehead atoms. The van der Waals surface area contributed by atoms with Crippen LogP contribution < -0.4 is 5.32 Å². The van der Waals surface area contributed by atoms with E-state index in [1.807, 2.05) is 36.5 Å². The number of benzene rings is 1. The molecule has 0 spiro atoms. The van der Waals surface area contributed by atoms with Gasteiger partial charge in [-0.1, -0.05) is 24.6 Å². The third-order valence-electron chi connectivity index (χ3n) is 7.67. The standard InChI is InChI=1S/C27H34N2O5/c1-17(31)29-16-22(21-6-2-3-7-24(21)29)20-14-25(34-26(15-20)33-11-5-4-10-30)27(32)28-23-13-18-8-9-19(23)12-18/h2-3,6-7,14,16,18-20,23,26,30H,4-5,8-13,15H2,1H3,(H,28,32)/t18?,19?,20-,23?,26+/m0/s1. The fraction of sp³-hybridized carbons (Fsp3) is 0.556. The van der Waals surface area contributed by atoms with Crippen molar-refractivity contribution in [1.29, 1.82) is 0 Å². The monoisotopic (exact) mass is 466 g/mol. The Hall–Kier alpha value is -2.64. The summed E-state index contributed by atoms with van der Waals surface area (Å²) in [7, 11) is 0. The van der Waals surface area contributed by atoms with Gasteiger partial charge in [-0.05, 0) is 61.6 Å². The number of carbonyl (C=O) groups excluding carboxylic acids is 2. The van der Waals surface area contributed by atoms with Crippen molar-refractivity contribution in [2.24, 2.45) is 11.8 Å². The van der Waals surface area contributed by atoms with Crippen LogP contribution >= 0.6 is 0 Å². The van der Waals surface area contributed by atoms with Crippen LogP contribution in [0.5, 0.6) is 0 Å². The number of fused-ring (bicyclic) bond motifs is 3. The summed E-state index contributed by atoms with van der Waals surface area (Å²) in [6, 6.07) is 8.06. The number of hydrogen-bond donors (Lipinski definition) is 2. The Morgan fingerprint density at radius 2 is 2.03 bits per heavy atom. The smallest absolute Gasteiger partial charge is 0.286 e. The normalized spacial score (nSPS) is 28.1. The molecule has 7 nitrogen and oxygen atoms in total. The van der Waals surface area contributed by atoms with Crippen LogP contribution in [0.15, 0.2) is 42.3 Å². The van der Waals surface area contributed by atoms with Crippen LogP contribution in [-0.2, 0) is 14.3 Å². The molecule has 3 aliphatic rings. The predicted molar refractivity (Wildman–Crippen MR) is 128 cm³/mol. The van der Waals surface area contributed by atoms with Crippen LogP contribution in [0.4, 0.5) is 0 Å². The third kappa shape index (κ3) is 4.64. The van der Waals surface area contributed by atoms with Crippen molar-refractivity contribution in [3.05, 3.63) is 47.9 Å². The molecule has 2 N–H and O–H groups in total. The van der Waals surface area contributed by atoms with Crippen LogP contribution in [0.3, 0.4) is 0 Å². The Labute approximate surface area is 200 Å². The molecule has 0 saturated heterocycles. The first-order valence-corrected chi connectivity index (χ1v) is 12.6. The molecular weight excluding hydrogens is 432 g/mol. The molecule has 2 saturated carbocycles. The molecule has 2 heterocycles. The molecule has 2 aliphatic carbocycles. The van der Waals surface area contributed by atoms with Crippen molar-refractivity contribution < 1.29 is 24.2 Å². The minimum Gasteiger partial charge on any atom is -0.459 e. The summed E-state index contributed by atoms with van der Waals surface area (Å²) < 4.78 is 13.7. The number of nitrogens with one attached hydrogen (secondary N) is 1. The first-order chi connectivity index (χ1) is 16.5. The number of aliphatic hydroxyl groups is 1. The van der Waals surface area contributed by atoms with Crippen molar-refractivity contribution >= 4 is 22.7 Å². The number of nitrogens with zero attached hydrogens (tertiary/aromatic N) is 1. The molecule has 182 valence electrons. The van der Waals surface area contributed by atoms with Gasteiger partial charge >= 0.3 is 0 Å². The number of ether oxygens (including phenoxy) is 2. The Balaban J connectivity index is 1.41. The Morgan fingerprint density at radius 1 is 1.18 bits per heavy atom. The maximum atomic E-state index is 13.3. The molecule has 34 heavy (non-hydrogen) atoms. The molecule has 1 aromatic heterocycles. The second kappa shape index (κ2) is 9.92. The van der Waals surface area contributed by atoms with Gasteiger partial charge in [0.1, 0.15) is 0 Å². The lowest BCUT2D eigenvalue weighted by atomic mass is 9.92. The third-order valence-corrected chi connectivity index (χ3v) is 7.67. The minimum atomic E-state index is -0.561. The number of carbonyl (C=O) groups is 2. The number of para-hydroxylation sites is 1. The topological polar surface area (TPSA) is 89.8 Å². The Kier molecular flexibility index (Phi) is 6.75. The number of unbranched alkanes of at least 4 members (excludes halogenated alkanes) is 1.